The number of hydrogen-bond donors (Lipinski definition) is 2. The van der Waals surface area contributed by atoms with Crippen molar-refractivity contribution in [3.05, 3.63) is 0 Å². The fraction of sp³-hybridized carbons (Fsp3) is 0.889. The summed E-state index contributed by atoms with van der Waals surface area (Å²) < 4.78 is 0. The molecule has 76 valence electrons. The molecule has 0 aromatic heterocycles. The van der Waals surface area contributed by atoms with E-state index in [-0.39, 0.29) is 17.4 Å². The average molecular weight is 185 g/mol. The largest absolute Gasteiger partial charge is 0.300 e. The molecule has 0 bridgehead atoms. The lowest BCUT2D eigenvalue weighted by atomic mass is 9.79. The number of rotatable bonds is 1. The third kappa shape index (κ3) is 1.84. The van der Waals surface area contributed by atoms with Gasteiger partial charge in [-0.3, -0.25) is 10.2 Å². The molecule has 1 aliphatic rings. The Kier molecular flexibility index (Phi) is 2.93. The van der Waals surface area contributed by atoms with Gasteiger partial charge in [0.2, 0.25) is 5.91 Å². The number of amides is 1. The molecule has 4 nitrogen and oxygen atoms in total. The highest BCUT2D eigenvalue weighted by molar-refractivity contribution is 5.79. The maximum absolute atomic E-state index is 11.5. The van der Waals surface area contributed by atoms with Crippen molar-refractivity contribution in [2.24, 2.45) is 11.8 Å². The molecule has 1 amide bonds. The second kappa shape index (κ2) is 3.64. The molecule has 1 atom stereocenters. The number of carbonyl (C=O) groups excluding carboxylic acids is 1. The maximum Gasteiger partial charge on any atom is 0.238 e. The summed E-state index contributed by atoms with van der Waals surface area (Å²) in [6, 6.07) is 0. The molecule has 1 rings (SSSR count). The molecule has 1 heterocycles. The lowest BCUT2D eigenvalue weighted by Crippen LogP contribution is -2.56. The Labute approximate surface area is 79.4 Å². The molecule has 0 radical (unpaired) electrons. The average Bonchev–Trinajstić information content (AvgIpc) is 2.08. The minimum absolute atomic E-state index is 0.0104. The Morgan fingerprint density at radius 1 is 1.62 bits per heavy atom. The van der Waals surface area contributed by atoms with E-state index >= 15 is 0 Å². The van der Waals surface area contributed by atoms with Crippen molar-refractivity contribution in [3.63, 3.8) is 0 Å². The highest BCUT2D eigenvalue weighted by atomic mass is 16.2. The third-order valence-corrected chi connectivity index (χ3v) is 3.28. The van der Waals surface area contributed by atoms with Crippen molar-refractivity contribution in [1.29, 1.82) is 0 Å². The predicted molar refractivity (Wildman–Crippen MR) is 51.8 cm³/mol. The molecule has 13 heavy (non-hydrogen) atoms. The fourth-order valence-corrected chi connectivity index (χ4v) is 1.99. The molecular weight excluding hydrogens is 166 g/mol. The van der Waals surface area contributed by atoms with Gasteiger partial charge in [-0.15, -0.1) is 0 Å². The summed E-state index contributed by atoms with van der Waals surface area (Å²) in [6.45, 7) is 5.24. The number of hydrazine groups is 1. The first kappa shape index (κ1) is 10.5. The molecule has 0 spiro atoms. The van der Waals surface area contributed by atoms with Gasteiger partial charge in [-0.2, -0.15) is 0 Å². The molecule has 1 aliphatic heterocycles. The van der Waals surface area contributed by atoms with Gasteiger partial charge in [0.25, 0.3) is 0 Å². The highest BCUT2D eigenvalue weighted by Gasteiger charge is 2.40. The summed E-state index contributed by atoms with van der Waals surface area (Å²) >= 11 is 0. The number of carbonyl (C=O) groups is 1. The standard InChI is InChI=1S/C9H19N3O/c1-9(2)7(8(13)11-10)5-4-6-12(9)3/h7H,4-6,10H2,1-3H3,(H,11,13). The van der Waals surface area contributed by atoms with E-state index in [9.17, 15) is 4.79 Å². The van der Waals surface area contributed by atoms with Gasteiger partial charge in [0.05, 0.1) is 5.92 Å². The number of nitrogens with two attached hydrogens (primary N) is 1. The lowest BCUT2D eigenvalue weighted by molar-refractivity contribution is -0.131. The van der Waals surface area contributed by atoms with Gasteiger partial charge in [0.15, 0.2) is 0 Å². The smallest absolute Gasteiger partial charge is 0.238 e. The Hall–Kier alpha value is -0.610. The van der Waals surface area contributed by atoms with E-state index in [0.29, 0.717) is 0 Å². The molecule has 1 saturated heterocycles. The van der Waals surface area contributed by atoms with Gasteiger partial charge in [-0.1, -0.05) is 0 Å². The van der Waals surface area contributed by atoms with E-state index in [2.05, 4.69) is 31.2 Å². The minimum atomic E-state index is -0.0816. The van der Waals surface area contributed by atoms with Crippen molar-refractivity contribution in [3.8, 4) is 0 Å². The summed E-state index contributed by atoms with van der Waals surface area (Å²) in [5.74, 6) is 5.12. The minimum Gasteiger partial charge on any atom is -0.300 e. The molecule has 1 fully saturated rings. The van der Waals surface area contributed by atoms with Crippen molar-refractivity contribution < 1.29 is 4.79 Å². The quantitative estimate of drug-likeness (QED) is 0.346. The third-order valence-electron chi connectivity index (χ3n) is 3.28. The maximum atomic E-state index is 11.5. The fourth-order valence-electron chi connectivity index (χ4n) is 1.99. The number of hydrogen-bond acceptors (Lipinski definition) is 3. The van der Waals surface area contributed by atoms with Crippen LogP contribution in [0.15, 0.2) is 0 Å². The zero-order chi connectivity index (χ0) is 10.1. The van der Waals surface area contributed by atoms with E-state index in [1.165, 1.54) is 0 Å². The number of nitrogens with one attached hydrogen (secondary N) is 1. The van der Waals surface area contributed by atoms with E-state index < -0.39 is 0 Å². The van der Waals surface area contributed by atoms with Crippen molar-refractivity contribution in [2.45, 2.75) is 32.2 Å². The van der Waals surface area contributed by atoms with E-state index in [1.54, 1.807) is 0 Å². The van der Waals surface area contributed by atoms with Gasteiger partial charge in [-0.25, -0.2) is 5.84 Å². The SMILES string of the molecule is CN1CCCC(C(=O)NN)C1(C)C. The van der Waals surface area contributed by atoms with Crippen LogP contribution in [-0.2, 0) is 4.79 Å². The van der Waals surface area contributed by atoms with Gasteiger partial charge in [0, 0.05) is 5.54 Å². The summed E-state index contributed by atoms with van der Waals surface area (Å²) in [4.78, 5) is 13.7. The van der Waals surface area contributed by atoms with Gasteiger partial charge < -0.3 is 4.90 Å². The normalized spacial score (nSPS) is 28.5. The van der Waals surface area contributed by atoms with E-state index in [1.807, 2.05) is 0 Å². The first-order chi connectivity index (χ1) is 6.00. The van der Waals surface area contributed by atoms with Crippen LogP contribution in [0.4, 0.5) is 0 Å². The second-order valence-corrected chi connectivity index (χ2v) is 4.28. The first-order valence-corrected chi connectivity index (χ1v) is 4.72. The van der Waals surface area contributed by atoms with E-state index in [4.69, 9.17) is 5.84 Å². The zero-order valence-corrected chi connectivity index (χ0v) is 8.63. The Bertz CT molecular complexity index is 203. The summed E-state index contributed by atoms with van der Waals surface area (Å²) in [5.41, 5.74) is 2.16. The summed E-state index contributed by atoms with van der Waals surface area (Å²) in [5, 5.41) is 0. The van der Waals surface area contributed by atoms with Crippen molar-refractivity contribution >= 4 is 5.91 Å². The van der Waals surface area contributed by atoms with Crippen LogP contribution in [-0.4, -0.2) is 29.9 Å². The van der Waals surface area contributed by atoms with Crippen molar-refractivity contribution in [2.75, 3.05) is 13.6 Å². The number of piperidine rings is 1. The van der Waals surface area contributed by atoms with Crippen LogP contribution in [0.5, 0.6) is 0 Å². The molecule has 0 saturated carbocycles. The predicted octanol–water partition coefficient (Wildman–Crippen LogP) is 0.0967. The van der Waals surface area contributed by atoms with Crippen molar-refractivity contribution in [1.82, 2.24) is 10.3 Å². The monoisotopic (exact) mass is 185 g/mol. The Morgan fingerprint density at radius 2 is 2.23 bits per heavy atom. The number of nitrogens with zero attached hydrogens (tertiary/aromatic N) is 1. The van der Waals surface area contributed by atoms with Gasteiger partial charge >= 0.3 is 0 Å². The molecule has 0 aromatic carbocycles. The number of likely N-dealkylation sites (tertiary alicyclic amines) is 1. The summed E-state index contributed by atoms with van der Waals surface area (Å²) in [7, 11) is 2.05. The Balaban J connectivity index is 2.77. The Morgan fingerprint density at radius 3 is 2.77 bits per heavy atom. The van der Waals surface area contributed by atoms with Crippen LogP contribution in [0.1, 0.15) is 26.7 Å². The van der Waals surface area contributed by atoms with E-state index in [0.717, 1.165) is 19.4 Å². The molecule has 0 aliphatic carbocycles. The van der Waals surface area contributed by atoms with Crippen LogP contribution < -0.4 is 11.3 Å². The highest BCUT2D eigenvalue weighted by Crippen LogP contribution is 2.31. The molecule has 1 unspecified atom stereocenters. The first-order valence-electron chi connectivity index (χ1n) is 4.72. The van der Waals surface area contributed by atoms with Crippen LogP contribution in [0.2, 0.25) is 0 Å². The van der Waals surface area contributed by atoms with Crippen LogP contribution in [0.25, 0.3) is 0 Å². The topological polar surface area (TPSA) is 58.4 Å². The zero-order valence-electron chi connectivity index (χ0n) is 8.63. The van der Waals surface area contributed by atoms with Crippen LogP contribution in [0.3, 0.4) is 0 Å². The van der Waals surface area contributed by atoms with Crippen LogP contribution in [0, 0.1) is 5.92 Å². The van der Waals surface area contributed by atoms with Gasteiger partial charge in [0.1, 0.15) is 0 Å². The second-order valence-electron chi connectivity index (χ2n) is 4.28. The molecule has 0 aromatic rings. The van der Waals surface area contributed by atoms with Gasteiger partial charge in [-0.05, 0) is 40.3 Å². The molecular formula is C9H19N3O. The molecule has 3 N–H and O–H groups in total. The van der Waals surface area contributed by atoms with Crippen LogP contribution >= 0.6 is 0 Å². The summed E-state index contributed by atoms with van der Waals surface area (Å²) in [6.07, 6.45) is 2.00. The molecule has 4 heteroatoms. The lowest BCUT2D eigenvalue weighted by Gasteiger charge is -2.45.